The van der Waals surface area contributed by atoms with E-state index < -0.39 is 0 Å². The van der Waals surface area contributed by atoms with E-state index in [0.717, 1.165) is 0 Å². The van der Waals surface area contributed by atoms with E-state index in [1.54, 1.807) is 0 Å². The Morgan fingerprint density at radius 2 is 1.81 bits per heavy atom. The molecule has 1 aromatic rings. The summed E-state index contributed by atoms with van der Waals surface area (Å²) in [4.78, 5) is 14.7. The molecule has 1 aromatic carbocycles. The predicted molar refractivity (Wildman–Crippen MR) is 89.2 cm³/mol. The SMILES string of the molecule is CC(N)C(C)C(=O)N(Cc1ccccc1)C(C)C1CC1.Cl. The Morgan fingerprint density at radius 3 is 2.29 bits per heavy atom. The van der Waals surface area contributed by atoms with Crippen LogP contribution in [0.15, 0.2) is 30.3 Å². The van der Waals surface area contributed by atoms with Crippen LogP contribution in [0.2, 0.25) is 0 Å². The monoisotopic (exact) mass is 310 g/mol. The summed E-state index contributed by atoms with van der Waals surface area (Å²) in [5, 5.41) is 0. The van der Waals surface area contributed by atoms with E-state index in [9.17, 15) is 4.79 Å². The minimum Gasteiger partial charge on any atom is -0.335 e. The lowest BCUT2D eigenvalue weighted by Gasteiger charge is -2.33. The van der Waals surface area contributed by atoms with Gasteiger partial charge in [-0.3, -0.25) is 4.79 Å². The molecule has 0 spiro atoms. The molecule has 0 heterocycles. The maximum Gasteiger partial charge on any atom is 0.227 e. The van der Waals surface area contributed by atoms with Gasteiger partial charge in [-0.15, -0.1) is 12.4 Å². The van der Waals surface area contributed by atoms with Crippen molar-refractivity contribution >= 4 is 18.3 Å². The van der Waals surface area contributed by atoms with Gasteiger partial charge >= 0.3 is 0 Å². The summed E-state index contributed by atoms with van der Waals surface area (Å²) in [5.41, 5.74) is 7.10. The zero-order valence-electron chi connectivity index (χ0n) is 13.2. The molecule has 0 bridgehead atoms. The molecule has 1 aliphatic rings. The number of halogens is 1. The molecule has 3 nitrogen and oxygen atoms in total. The van der Waals surface area contributed by atoms with E-state index in [1.165, 1.54) is 18.4 Å². The van der Waals surface area contributed by atoms with Gasteiger partial charge in [-0.25, -0.2) is 0 Å². The van der Waals surface area contributed by atoms with Crippen molar-refractivity contribution in [2.45, 2.75) is 52.2 Å². The first-order chi connectivity index (χ1) is 9.50. The largest absolute Gasteiger partial charge is 0.335 e. The summed E-state index contributed by atoms with van der Waals surface area (Å²) in [6, 6.07) is 10.4. The highest BCUT2D eigenvalue weighted by Crippen LogP contribution is 2.36. The third-order valence-electron chi connectivity index (χ3n) is 4.45. The van der Waals surface area contributed by atoms with Crippen molar-refractivity contribution < 1.29 is 4.79 Å². The van der Waals surface area contributed by atoms with Crippen LogP contribution in [-0.2, 0) is 11.3 Å². The lowest BCUT2D eigenvalue weighted by Crippen LogP contribution is -2.46. The Hall–Kier alpha value is -1.06. The number of hydrogen-bond donors (Lipinski definition) is 1. The number of nitrogens with zero attached hydrogens (tertiary/aromatic N) is 1. The first-order valence-electron chi connectivity index (χ1n) is 7.60. The quantitative estimate of drug-likeness (QED) is 0.877. The summed E-state index contributed by atoms with van der Waals surface area (Å²) in [6.45, 7) is 6.70. The van der Waals surface area contributed by atoms with Crippen molar-refractivity contribution in [3.05, 3.63) is 35.9 Å². The van der Waals surface area contributed by atoms with Crippen molar-refractivity contribution in [3.8, 4) is 0 Å². The van der Waals surface area contributed by atoms with Gasteiger partial charge < -0.3 is 10.6 Å². The molecular formula is C17H27ClN2O. The second kappa shape index (κ2) is 7.81. The first kappa shape index (κ1) is 18.0. The molecule has 4 heteroatoms. The fourth-order valence-corrected chi connectivity index (χ4v) is 2.52. The van der Waals surface area contributed by atoms with E-state index >= 15 is 0 Å². The molecule has 0 saturated heterocycles. The highest BCUT2D eigenvalue weighted by Gasteiger charge is 2.36. The van der Waals surface area contributed by atoms with Crippen LogP contribution in [0, 0.1) is 11.8 Å². The van der Waals surface area contributed by atoms with E-state index in [4.69, 9.17) is 5.73 Å². The third kappa shape index (κ3) is 4.72. The summed E-state index contributed by atoms with van der Waals surface area (Å²) >= 11 is 0. The normalized spacial score (nSPS) is 18.3. The smallest absolute Gasteiger partial charge is 0.227 e. The standard InChI is InChI=1S/C17H26N2O.ClH/c1-12(13(2)18)17(20)19(14(3)16-9-10-16)11-15-7-5-4-6-8-15;/h4-8,12-14,16H,9-11,18H2,1-3H3;1H. The third-order valence-corrected chi connectivity index (χ3v) is 4.45. The molecule has 118 valence electrons. The second-order valence-electron chi connectivity index (χ2n) is 6.18. The predicted octanol–water partition coefficient (Wildman–Crippen LogP) is 3.22. The van der Waals surface area contributed by atoms with Gasteiger partial charge in [0.05, 0.1) is 5.92 Å². The highest BCUT2D eigenvalue weighted by atomic mass is 35.5. The number of hydrogen-bond acceptors (Lipinski definition) is 2. The fourth-order valence-electron chi connectivity index (χ4n) is 2.52. The molecule has 0 radical (unpaired) electrons. The van der Waals surface area contributed by atoms with E-state index in [1.807, 2.05) is 36.9 Å². The van der Waals surface area contributed by atoms with Gasteiger partial charge in [0.2, 0.25) is 5.91 Å². The molecule has 0 aromatic heterocycles. The Morgan fingerprint density at radius 1 is 1.24 bits per heavy atom. The molecular weight excluding hydrogens is 284 g/mol. The summed E-state index contributed by atoms with van der Waals surface area (Å²) in [5.74, 6) is 0.728. The molecule has 3 unspecified atom stereocenters. The molecule has 1 aliphatic carbocycles. The van der Waals surface area contributed by atoms with Gasteiger partial charge in [0.15, 0.2) is 0 Å². The maximum absolute atomic E-state index is 12.7. The van der Waals surface area contributed by atoms with Crippen LogP contribution in [0.3, 0.4) is 0 Å². The zero-order valence-corrected chi connectivity index (χ0v) is 14.0. The summed E-state index contributed by atoms with van der Waals surface area (Å²) in [7, 11) is 0. The van der Waals surface area contributed by atoms with Crippen LogP contribution in [0.5, 0.6) is 0 Å². The molecule has 2 N–H and O–H groups in total. The minimum atomic E-state index is -0.125. The molecule has 2 rings (SSSR count). The average Bonchev–Trinajstić information content (AvgIpc) is 3.28. The van der Waals surface area contributed by atoms with Crippen LogP contribution in [0.4, 0.5) is 0 Å². The average molecular weight is 311 g/mol. The van der Waals surface area contributed by atoms with Gasteiger partial charge in [0, 0.05) is 18.6 Å². The minimum absolute atomic E-state index is 0. The number of carbonyl (C=O) groups is 1. The van der Waals surface area contributed by atoms with Crippen molar-refractivity contribution in [3.63, 3.8) is 0 Å². The number of nitrogens with two attached hydrogens (primary N) is 1. The number of benzene rings is 1. The van der Waals surface area contributed by atoms with E-state index in [-0.39, 0.29) is 30.3 Å². The Bertz CT molecular complexity index is 445. The maximum atomic E-state index is 12.7. The zero-order chi connectivity index (χ0) is 14.7. The topological polar surface area (TPSA) is 46.3 Å². The Kier molecular flexibility index (Phi) is 6.69. The molecule has 1 amide bonds. The number of carbonyl (C=O) groups excluding carboxylic acids is 1. The lowest BCUT2D eigenvalue weighted by atomic mass is 10.0. The van der Waals surface area contributed by atoms with Gasteiger partial charge in [-0.2, -0.15) is 0 Å². The van der Waals surface area contributed by atoms with E-state index in [2.05, 4.69) is 19.1 Å². The summed E-state index contributed by atoms with van der Waals surface area (Å²) < 4.78 is 0. The van der Waals surface area contributed by atoms with Crippen LogP contribution in [-0.4, -0.2) is 22.9 Å². The van der Waals surface area contributed by atoms with Crippen LogP contribution in [0.1, 0.15) is 39.2 Å². The van der Waals surface area contributed by atoms with E-state index in [0.29, 0.717) is 18.5 Å². The number of amides is 1. The molecule has 0 aliphatic heterocycles. The lowest BCUT2D eigenvalue weighted by molar-refractivity contribution is -0.138. The van der Waals surface area contributed by atoms with Gasteiger partial charge in [-0.05, 0) is 38.2 Å². The molecule has 3 atom stereocenters. The summed E-state index contributed by atoms with van der Waals surface area (Å²) in [6.07, 6.45) is 2.48. The molecule has 1 saturated carbocycles. The molecule has 21 heavy (non-hydrogen) atoms. The van der Waals surface area contributed by atoms with Gasteiger partial charge in [0.1, 0.15) is 0 Å². The van der Waals surface area contributed by atoms with Crippen molar-refractivity contribution in [1.29, 1.82) is 0 Å². The fraction of sp³-hybridized carbons (Fsp3) is 0.588. The van der Waals surface area contributed by atoms with Crippen LogP contribution < -0.4 is 5.73 Å². The Balaban J connectivity index is 0.00000220. The molecule has 1 fully saturated rings. The number of rotatable bonds is 6. The van der Waals surface area contributed by atoms with Crippen LogP contribution >= 0.6 is 12.4 Å². The van der Waals surface area contributed by atoms with Crippen LogP contribution in [0.25, 0.3) is 0 Å². The second-order valence-corrected chi connectivity index (χ2v) is 6.18. The van der Waals surface area contributed by atoms with Gasteiger partial charge in [0.25, 0.3) is 0 Å². The van der Waals surface area contributed by atoms with Gasteiger partial charge in [-0.1, -0.05) is 37.3 Å². The highest BCUT2D eigenvalue weighted by molar-refractivity contribution is 5.85. The van der Waals surface area contributed by atoms with Crippen molar-refractivity contribution in [1.82, 2.24) is 4.90 Å². The van der Waals surface area contributed by atoms with Crippen molar-refractivity contribution in [2.75, 3.05) is 0 Å². The van der Waals surface area contributed by atoms with Crippen molar-refractivity contribution in [2.24, 2.45) is 17.6 Å². The first-order valence-corrected chi connectivity index (χ1v) is 7.60. The Labute approximate surface area is 134 Å².